The summed E-state index contributed by atoms with van der Waals surface area (Å²) in [5.41, 5.74) is 2.18. The monoisotopic (exact) mass is 946 g/mol. The highest BCUT2D eigenvalue weighted by Gasteiger charge is 2.65. The van der Waals surface area contributed by atoms with Gasteiger partial charge in [-0.3, -0.25) is 20.3 Å². The van der Waals surface area contributed by atoms with E-state index in [0.717, 1.165) is 12.0 Å². The van der Waals surface area contributed by atoms with Crippen molar-refractivity contribution < 1.29 is 67.8 Å². The standard InChI is InChI=1S/C49H62N4O15/c1-5-25-64-49-44(52(21-26-63-27-24-56)48(58)67-34-15-13-33(14-16-34)53(59)60)31-41(51-65-6-2)38-28-32(11-7-9-22-54)37(12-8-10-23-55)45(46(38)49)39-29-36(18-20-42(39)68-49)66-47(57)50-40-19-17-35(61-3)30-43(40)62-4/h5,13-20,28-30,32,37,44-46,54-56H,1,6-12,21-27,31H2,2-4H3,(H,50,57). The summed E-state index contributed by atoms with van der Waals surface area (Å²) in [6.45, 7) is 5.64. The summed E-state index contributed by atoms with van der Waals surface area (Å²) in [6, 6.07) is 14.1. The number of carbonyl (C=O) groups excluding carboxylic acids is 2. The molecule has 368 valence electrons. The molecule has 6 unspecified atom stereocenters. The summed E-state index contributed by atoms with van der Waals surface area (Å²) in [5, 5.41) is 48.3. The minimum absolute atomic E-state index is 0.00419. The van der Waals surface area contributed by atoms with E-state index in [1.54, 1.807) is 42.5 Å². The summed E-state index contributed by atoms with van der Waals surface area (Å²) in [4.78, 5) is 46.4. The van der Waals surface area contributed by atoms with Gasteiger partial charge in [0.1, 0.15) is 41.4 Å². The van der Waals surface area contributed by atoms with Crippen LogP contribution >= 0.6 is 0 Å². The summed E-state index contributed by atoms with van der Waals surface area (Å²) in [6.07, 6.45) is 6.07. The molecule has 2 amide bonds. The zero-order valence-corrected chi connectivity index (χ0v) is 38.7. The van der Waals surface area contributed by atoms with Gasteiger partial charge in [0.15, 0.2) is 0 Å². The number of oxime groups is 1. The predicted octanol–water partition coefficient (Wildman–Crippen LogP) is 7.39. The van der Waals surface area contributed by atoms with E-state index in [0.29, 0.717) is 66.3 Å². The van der Waals surface area contributed by atoms with Gasteiger partial charge in [-0.2, -0.15) is 0 Å². The Morgan fingerprint density at radius 2 is 1.68 bits per heavy atom. The van der Waals surface area contributed by atoms with E-state index in [4.69, 9.17) is 38.0 Å². The number of non-ortho nitro benzene ring substituents is 1. The number of methoxy groups -OCH3 is 2. The van der Waals surface area contributed by atoms with Crippen molar-refractivity contribution in [2.45, 2.75) is 69.6 Å². The predicted molar refractivity (Wildman–Crippen MR) is 250 cm³/mol. The largest absolute Gasteiger partial charge is 0.497 e. The van der Waals surface area contributed by atoms with Gasteiger partial charge in [-0.1, -0.05) is 30.1 Å². The first-order chi connectivity index (χ1) is 33.0. The number of rotatable bonds is 25. The molecule has 1 saturated carbocycles. The van der Waals surface area contributed by atoms with Crippen molar-refractivity contribution in [2.75, 3.05) is 72.3 Å². The highest BCUT2D eigenvalue weighted by atomic mass is 16.7. The molecule has 0 aromatic heterocycles. The number of nitro benzene ring substituents is 1. The van der Waals surface area contributed by atoms with Gasteiger partial charge >= 0.3 is 12.2 Å². The Morgan fingerprint density at radius 3 is 2.35 bits per heavy atom. The van der Waals surface area contributed by atoms with Crippen molar-refractivity contribution >= 4 is 29.3 Å². The lowest BCUT2D eigenvalue weighted by Crippen LogP contribution is -2.70. The number of nitrogens with one attached hydrogen (secondary N) is 1. The van der Waals surface area contributed by atoms with Crippen LogP contribution in [0.2, 0.25) is 0 Å². The molecule has 3 aromatic rings. The molecule has 0 bridgehead atoms. The normalized spacial score (nSPS) is 21.8. The molecule has 2 aliphatic carbocycles. The Labute approximate surface area is 395 Å². The zero-order valence-electron chi connectivity index (χ0n) is 38.7. The number of hydrogen-bond acceptors (Lipinski definition) is 16. The number of ether oxygens (including phenoxy) is 7. The minimum Gasteiger partial charge on any atom is -0.497 e. The van der Waals surface area contributed by atoms with Gasteiger partial charge in [0.05, 0.1) is 62.9 Å². The number of amides is 2. The van der Waals surface area contributed by atoms with Crippen LogP contribution in [0.1, 0.15) is 63.4 Å². The van der Waals surface area contributed by atoms with Crippen LogP contribution < -0.4 is 29.0 Å². The highest BCUT2D eigenvalue weighted by Crippen LogP contribution is 2.62. The molecule has 19 heteroatoms. The molecule has 1 heterocycles. The van der Waals surface area contributed by atoms with Gasteiger partial charge in [-0.15, -0.1) is 6.58 Å². The lowest BCUT2D eigenvalue weighted by Gasteiger charge is -2.59. The average Bonchev–Trinajstić information content (AvgIpc) is 3.34. The van der Waals surface area contributed by atoms with E-state index in [1.165, 1.54) is 43.4 Å². The van der Waals surface area contributed by atoms with Crippen molar-refractivity contribution in [3.63, 3.8) is 0 Å². The van der Waals surface area contributed by atoms with Gasteiger partial charge in [0.25, 0.3) is 5.69 Å². The first kappa shape index (κ1) is 51.1. The van der Waals surface area contributed by atoms with Gasteiger partial charge in [0, 0.05) is 55.9 Å². The van der Waals surface area contributed by atoms with Crippen molar-refractivity contribution in [3.05, 3.63) is 101 Å². The second kappa shape index (κ2) is 24.7. The van der Waals surface area contributed by atoms with Crippen LogP contribution in [-0.4, -0.2) is 122 Å². The van der Waals surface area contributed by atoms with Crippen LogP contribution in [0.15, 0.2) is 90.1 Å². The number of anilines is 1. The Morgan fingerprint density at radius 1 is 0.941 bits per heavy atom. The molecule has 1 fully saturated rings. The number of unbranched alkanes of at least 4 members (excludes halogenated alkanes) is 2. The van der Waals surface area contributed by atoms with Crippen LogP contribution in [0, 0.1) is 27.9 Å². The van der Waals surface area contributed by atoms with Crippen molar-refractivity contribution in [3.8, 4) is 28.7 Å². The van der Waals surface area contributed by atoms with Crippen LogP contribution in [-0.2, 0) is 14.3 Å². The van der Waals surface area contributed by atoms with Crippen molar-refractivity contribution in [1.82, 2.24) is 4.90 Å². The molecule has 0 spiro atoms. The smallest absolute Gasteiger partial charge is 0.417 e. The first-order valence-corrected chi connectivity index (χ1v) is 22.9. The Kier molecular flexibility index (Phi) is 18.6. The maximum atomic E-state index is 14.7. The van der Waals surface area contributed by atoms with Crippen molar-refractivity contribution in [1.29, 1.82) is 0 Å². The zero-order chi connectivity index (χ0) is 48.6. The summed E-state index contributed by atoms with van der Waals surface area (Å²) < 4.78 is 42.6. The van der Waals surface area contributed by atoms with E-state index >= 15 is 0 Å². The van der Waals surface area contributed by atoms with E-state index in [2.05, 4.69) is 23.1 Å². The van der Waals surface area contributed by atoms with Gasteiger partial charge in [0.2, 0.25) is 5.79 Å². The average molecular weight is 947 g/mol. The van der Waals surface area contributed by atoms with Crippen LogP contribution in [0.5, 0.6) is 28.7 Å². The molecule has 4 N–H and O–H groups in total. The second-order valence-corrected chi connectivity index (χ2v) is 16.4. The van der Waals surface area contributed by atoms with Crippen LogP contribution in [0.4, 0.5) is 21.0 Å². The van der Waals surface area contributed by atoms with E-state index < -0.39 is 40.8 Å². The number of fused-ring (bicyclic) bond motifs is 2. The number of carbonyl (C=O) groups is 2. The summed E-state index contributed by atoms with van der Waals surface area (Å²) in [7, 11) is 3.00. The molecular weight excluding hydrogens is 885 g/mol. The molecule has 0 radical (unpaired) electrons. The third-order valence-corrected chi connectivity index (χ3v) is 12.4. The summed E-state index contributed by atoms with van der Waals surface area (Å²) >= 11 is 0. The molecule has 1 aliphatic heterocycles. The molecule has 6 rings (SSSR count). The van der Waals surface area contributed by atoms with Crippen LogP contribution in [0.25, 0.3) is 0 Å². The Hall–Kier alpha value is -6.25. The fourth-order valence-electron chi connectivity index (χ4n) is 9.50. The summed E-state index contributed by atoms with van der Waals surface area (Å²) in [5.74, 6) is -1.51. The molecule has 0 saturated heterocycles. The fourth-order valence-corrected chi connectivity index (χ4v) is 9.50. The number of aliphatic hydroxyl groups is 3. The van der Waals surface area contributed by atoms with Gasteiger partial charge in [-0.25, -0.2) is 9.59 Å². The molecule has 19 nitrogen and oxygen atoms in total. The number of allylic oxidation sites excluding steroid dienone is 1. The lowest BCUT2D eigenvalue weighted by atomic mass is 9.55. The Bertz CT molecular complexity index is 2250. The van der Waals surface area contributed by atoms with E-state index in [1.807, 2.05) is 6.92 Å². The third kappa shape index (κ3) is 11.9. The number of hydrogen-bond donors (Lipinski definition) is 4. The molecular formula is C49H62N4O15. The van der Waals surface area contributed by atoms with E-state index in [9.17, 15) is 35.0 Å². The molecule has 6 atom stereocenters. The third-order valence-electron chi connectivity index (χ3n) is 12.4. The first-order valence-electron chi connectivity index (χ1n) is 22.9. The quantitative estimate of drug-likeness (QED) is 0.0280. The number of nitro groups is 1. The topological polar surface area (TPSA) is 239 Å². The minimum atomic E-state index is -1.68. The van der Waals surface area contributed by atoms with Crippen molar-refractivity contribution in [2.24, 2.45) is 22.9 Å². The fraction of sp³-hybridized carbons (Fsp3) is 0.490. The molecule has 68 heavy (non-hydrogen) atoms. The maximum Gasteiger partial charge on any atom is 0.417 e. The van der Waals surface area contributed by atoms with E-state index in [-0.39, 0.29) is 88.2 Å². The lowest BCUT2D eigenvalue weighted by molar-refractivity contribution is -0.384. The van der Waals surface area contributed by atoms with Gasteiger partial charge < -0.3 is 53.3 Å². The maximum absolute atomic E-state index is 14.7. The molecule has 3 aromatic carbocycles. The number of aliphatic hydroxyl groups excluding tert-OH is 3. The second-order valence-electron chi connectivity index (χ2n) is 16.4. The SMILES string of the molecule is C=CCOC12Oc3ccc(OC(=O)Nc4ccc(OC)cc4OC)cc3C3C(CCCCO)C(CCCCO)C=C(C(=NOCC)CC1N(CCOCCO)C(=O)Oc1ccc([N+](=O)[O-])cc1)C32. The van der Waals surface area contributed by atoms with Crippen LogP contribution in [0.3, 0.4) is 0 Å². The number of benzene rings is 3. The molecule has 3 aliphatic rings. The highest BCUT2D eigenvalue weighted by molar-refractivity contribution is 6.03. The number of nitrogens with zero attached hydrogens (tertiary/aromatic N) is 3. The Balaban J connectivity index is 1.53. The van der Waals surface area contributed by atoms with Gasteiger partial charge in [-0.05, 0) is 92.5 Å².